The van der Waals surface area contributed by atoms with E-state index in [1.54, 1.807) is 6.26 Å². The van der Waals surface area contributed by atoms with Crippen molar-refractivity contribution in [1.82, 2.24) is 9.97 Å². The van der Waals surface area contributed by atoms with E-state index in [0.29, 0.717) is 0 Å². The van der Waals surface area contributed by atoms with Crippen molar-refractivity contribution < 1.29 is 22.8 Å². The first-order valence-electron chi connectivity index (χ1n) is 9.58. The third-order valence-corrected chi connectivity index (χ3v) is 5.28. The number of carbonyl (C=O) groups is 2. The second kappa shape index (κ2) is 10.5. The second-order valence-corrected chi connectivity index (χ2v) is 7.73. The van der Waals surface area contributed by atoms with Crippen molar-refractivity contribution in [2.24, 2.45) is 11.5 Å². The molecular formula is C20H22F3N7O2S. The fraction of sp³-hybridized carbons (Fsp3) is 0.350. The number of anilines is 2. The predicted octanol–water partition coefficient (Wildman–Crippen LogP) is 2.58. The van der Waals surface area contributed by atoms with Crippen molar-refractivity contribution in [1.29, 1.82) is 5.26 Å². The van der Waals surface area contributed by atoms with Gasteiger partial charge >= 0.3 is 6.18 Å². The van der Waals surface area contributed by atoms with Crippen LogP contribution < -0.4 is 22.1 Å². The minimum atomic E-state index is -4.62. The Hall–Kier alpha value is -3.37. The molecule has 0 saturated carbocycles. The van der Waals surface area contributed by atoms with Gasteiger partial charge in [0.25, 0.3) is 0 Å². The number of hydrogen-bond donors (Lipinski definition) is 4. The molecule has 2 aromatic rings. The highest BCUT2D eigenvalue weighted by Crippen LogP contribution is 2.37. The van der Waals surface area contributed by atoms with Crippen molar-refractivity contribution in [3.63, 3.8) is 0 Å². The summed E-state index contributed by atoms with van der Waals surface area (Å²) in [6.45, 7) is 1.34. The fourth-order valence-electron chi connectivity index (χ4n) is 3.14. The molecular weight excluding hydrogens is 459 g/mol. The molecule has 33 heavy (non-hydrogen) atoms. The van der Waals surface area contributed by atoms with Gasteiger partial charge in [-0.2, -0.15) is 18.4 Å². The van der Waals surface area contributed by atoms with Crippen LogP contribution in [0.15, 0.2) is 29.3 Å². The highest BCUT2D eigenvalue weighted by Gasteiger charge is 2.43. The SMILES string of the molecule is CSc1nc(NC(C)=O)nc([C@@](CCCN)(Nc2cccc(C(F)(F)F)c2)C(N)=O)c1C#N. The standard InChI is InChI=1S/C20H22F3N7O2S/c1-11(31)27-18-28-15(14(10-25)16(29-18)33-2)19(17(26)32,7-4-8-24)30-13-6-3-5-12(9-13)20(21,22)23/h3,5-6,9,30H,4,7-8,24H2,1-2H3,(H2,26,32)(H,27,28,29,31)/t19-/m1/s1. The summed E-state index contributed by atoms with van der Waals surface area (Å²) >= 11 is 1.06. The molecule has 0 spiro atoms. The summed E-state index contributed by atoms with van der Waals surface area (Å²) in [6.07, 6.45) is -2.87. The monoisotopic (exact) mass is 481 g/mol. The number of thioether (sulfide) groups is 1. The molecule has 0 fully saturated rings. The Labute approximate surface area is 192 Å². The molecule has 13 heteroatoms. The Morgan fingerprint density at radius 3 is 2.48 bits per heavy atom. The molecule has 0 saturated heterocycles. The predicted molar refractivity (Wildman–Crippen MR) is 117 cm³/mol. The van der Waals surface area contributed by atoms with Crippen LogP contribution in [0, 0.1) is 11.3 Å². The van der Waals surface area contributed by atoms with Gasteiger partial charge in [-0.3, -0.25) is 14.9 Å². The minimum absolute atomic E-state index is 0.0741. The summed E-state index contributed by atoms with van der Waals surface area (Å²) < 4.78 is 39.7. The molecule has 0 aliphatic carbocycles. The van der Waals surface area contributed by atoms with Gasteiger partial charge in [-0.15, -0.1) is 11.8 Å². The number of carbonyl (C=O) groups excluding carboxylic acids is 2. The van der Waals surface area contributed by atoms with Crippen molar-refractivity contribution in [3.05, 3.63) is 41.1 Å². The van der Waals surface area contributed by atoms with Crippen LogP contribution in [-0.4, -0.2) is 34.6 Å². The first kappa shape index (κ1) is 25.9. The minimum Gasteiger partial charge on any atom is -0.367 e. The van der Waals surface area contributed by atoms with Gasteiger partial charge in [0.15, 0.2) is 5.54 Å². The summed E-state index contributed by atoms with van der Waals surface area (Å²) in [5.41, 5.74) is 8.16. The summed E-state index contributed by atoms with van der Waals surface area (Å²) in [6, 6.07) is 6.13. The molecule has 1 heterocycles. The number of amides is 2. The first-order chi connectivity index (χ1) is 15.5. The van der Waals surface area contributed by atoms with Crippen LogP contribution in [0.4, 0.5) is 24.8 Å². The van der Waals surface area contributed by atoms with Gasteiger partial charge in [-0.25, -0.2) is 9.97 Å². The molecule has 1 aromatic heterocycles. The molecule has 2 rings (SSSR count). The van der Waals surface area contributed by atoms with E-state index in [-0.39, 0.29) is 47.3 Å². The highest BCUT2D eigenvalue weighted by molar-refractivity contribution is 7.98. The number of nitrogens with zero attached hydrogens (tertiary/aromatic N) is 3. The fourth-order valence-corrected chi connectivity index (χ4v) is 3.66. The number of primary amides is 1. The van der Waals surface area contributed by atoms with E-state index in [1.165, 1.54) is 19.1 Å². The van der Waals surface area contributed by atoms with Crippen LogP contribution >= 0.6 is 11.8 Å². The smallest absolute Gasteiger partial charge is 0.367 e. The first-order valence-corrected chi connectivity index (χ1v) is 10.8. The van der Waals surface area contributed by atoms with Crippen LogP contribution in [0.1, 0.15) is 36.6 Å². The zero-order chi connectivity index (χ0) is 24.8. The lowest BCUT2D eigenvalue weighted by atomic mass is 9.85. The number of alkyl halides is 3. The number of benzene rings is 1. The van der Waals surface area contributed by atoms with Crippen LogP contribution in [0.3, 0.4) is 0 Å². The number of aromatic nitrogens is 2. The zero-order valence-corrected chi connectivity index (χ0v) is 18.6. The Balaban J connectivity index is 2.81. The summed E-state index contributed by atoms with van der Waals surface area (Å²) in [4.78, 5) is 32.7. The Bertz CT molecular complexity index is 1090. The summed E-state index contributed by atoms with van der Waals surface area (Å²) in [5.74, 6) is -1.69. The number of nitriles is 1. The molecule has 1 aromatic carbocycles. The molecule has 0 bridgehead atoms. The number of rotatable bonds is 9. The van der Waals surface area contributed by atoms with Gasteiger partial charge in [-0.1, -0.05) is 6.07 Å². The maximum absolute atomic E-state index is 13.2. The molecule has 2 amide bonds. The maximum atomic E-state index is 13.2. The van der Waals surface area contributed by atoms with Crippen molar-refractivity contribution in [2.75, 3.05) is 23.4 Å². The van der Waals surface area contributed by atoms with Gasteiger partial charge in [-0.05, 0) is 43.8 Å². The molecule has 1 atom stereocenters. The average molecular weight is 482 g/mol. The van der Waals surface area contributed by atoms with Gasteiger partial charge in [0.2, 0.25) is 17.8 Å². The van der Waals surface area contributed by atoms with Crippen LogP contribution in [-0.2, 0) is 21.3 Å². The molecule has 0 aliphatic heterocycles. The van der Waals surface area contributed by atoms with Gasteiger partial charge in [0.05, 0.1) is 5.56 Å². The number of halogens is 3. The van der Waals surface area contributed by atoms with E-state index < -0.39 is 29.1 Å². The molecule has 6 N–H and O–H groups in total. The highest BCUT2D eigenvalue weighted by atomic mass is 32.2. The van der Waals surface area contributed by atoms with Crippen molar-refractivity contribution >= 4 is 35.2 Å². The summed E-state index contributed by atoms with van der Waals surface area (Å²) in [5, 5.41) is 15.1. The topological polar surface area (TPSA) is 160 Å². The van der Waals surface area contributed by atoms with Crippen molar-refractivity contribution in [2.45, 2.75) is 36.5 Å². The molecule has 9 nitrogen and oxygen atoms in total. The zero-order valence-electron chi connectivity index (χ0n) is 17.8. The third kappa shape index (κ3) is 5.91. The van der Waals surface area contributed by atoms with E-state index in [4.69, 9.17) is 11.5 Å². The van der Waals surface area contributed by atoms with Gasteiger partial charge < -0.3 is 16.8 Å². The molecule has 0 radical (unpaired) electrons. The van der Waals surface area contributed by atoms with Crippen LogP contribution in [0.25, 0.3) is 0 Å². The average Bonchev–Trinajstić information content (AvgIpc) is 2.75. The Kier molecular flexibility index (Phi) is 8.23. The second-order valence-electron chi connectivity index (χ2n) is 6.94. The largest absolute Gasteiger partial charge is 0.416 e. The van der Waals surface area contributed by atoms with Crippen LogP contribution in [0.5, 0.6) is 0 Å². The summed E-state index contributed by atoms with van der Waals surface area (Å²) in [7, 11) is 0. The lowest BCUT2D eigenvalue weighted by molar-refractivity contribution is -0.137. The van der Waals surface area contributed by atoms with E-state index in [2.05, 4.69) is 20.6 Å². The van der Waals surface area contributed by atoms with Gasteiger partial charge in [0, 0.05) is 12.6 Å². The van der Waals surface area contributed by atoms with E-state index in [1.807, 2.05) is 6.07 Å². The van der Waals surface area contributed by atoms with Gasteiger partial charge in [0.1, 0.15) is 22.4 Å². The maximum Gasteiger partial charge on any atom is 0.416 e. The normalized spacial score (nSPS) is 13.0. The van der Waals surface area contributed by atoms with E-state index >= 15 is 0 Å². The van der Waals surface area contributed by atoms with Crippen molar-refractivity contribution in [3.8, 4) is 6.07 Å². The lowest BCUT2D eigenvalue weighted by Crippen LogP contribution is -2.49. The van der Waals surface area contributed by atoms with E-state index in [9.17, 15) is 28.0 Å². The van der Waals surface area contributed by atoms with Crippen LogP contribution in [0.2, 0.25) is 0 Å². The number of hydrogen-bond acceptors (Lipinski definition) is 8. The lowest BCUT2D eigenvalue weighted by Gasteiger charge is -2.33. The third-order valence-electron chi connectivity index (χ3n) is 4.60. The number of nitrogens with one attached hydrogen (secondary N) is 2. The quantitative estimate of drug-likeness (QED) is 0.314. The van der Waals surface area contributed by atoms with E-state index in [0.717, 1.165) is 23.9 Å². The molecule has 0 unspecified atom stereocenters. The number of nitrogens with two attached hydrogens (primary N) is 2. The molecule has 0 aliphatic rings. The Morgan fingerprint density at radius 1 is 1.27 bits per heavy atom. The Morgan fingerprint density at radius 2 is 1.97 bits per heavy atom. The molecule has 176 valence electrons.